The predicted octanol–water partition coefficient (Wildman–Crippen LogP) is 1.48. The van der Waals surface area contributed by atoms with Crippen molar-refractivity contribution in [1.82, 2.24) is 4.90 Å². The molecule has 0 bridgehead atoms. The van der Waals surface area contributed by atoms with Crippen molar-refractivity contribution in [1.29, 1.82) is 0 Å². The average Bonchev–Trinajstić information content (AvgIpc) is 2.05. The first-order valence-corrected chi connectivity index (χ1v) is 4.85. The fraction of sp³-hybridized carbons (Fsp3) is 0.667. The SMILES string of the molecule is O=C(S)/C=C/CN1CCCCC1. The van der Waals surface area contributed by atoms with E-state index < -0.39 is 0 Å². The number of nitrogens with zero attached hydrogens (tertiary/aromatic N) is 1. The fourth-order valence-electron chi connectivity index (χ4n) is 1.44. The number of piperidine rings is 1. The fourth-order valence-corrected chi connectivity index (χ4v) is 1.55. The van der Waals surface area contributed by atoms with E-state index in [1.165, 1.54) is 38.4 Å². The van der Waals surface area contributed by atoms with Crippen LogP contribution in [0.25, 0.3) is 0 Å². The lowest BCUT2D eigenvalue weighted by atomic mass is 10.1. The molecule has 1 aliphatic heterocycles. The number of hydrogen-bond donors (Lipinski definition) is 1. The van der Waals surface area contributed by atoms with Crippen molar-refractivity contribution in [3.8, 4) is 0 Å². The first-order valence-electron chi connectivity index (χ1n) is 4.41. The Bertz CT molecular complexity index is 173. The summed E-state index contributed by atoms with van der Waals surface area (Å²) < 4.78 is 0. The van der Waals surface area contributed by atoms with Crippen LogP contribution in [0.2, 0.25) is 0 Å². The van der Waals surface area contributed by atoms with E-state index in [9.17, 15) is 4.79 Å². The van der Waals surface area contributed by atoms with Gasteiger partial charge in [-0.25, -0.2) is 0 Å². The van der Waals surface area contributed by atoms with Crippen molar-refractivity contribution in [2.75, 3.05) is 19.6 Å². The van der Waals surface area contributed by atoms with Crippen molar-refractivity contribution >= 4 is 17.7 Å². The van der Waals surface area contributed by atoms with E-state index in [0.717, 1.165) is 6.54 Å². The Hall–Kier alpha value is -0.280. The zero-order valence-corrected chi connectivity index (χ0v) is 8.09. The van der Waals surface area contributed by atoms with Crippen LogP contribution in [0, 0.1) is 0 Å². The Morgan fingerprint density at radius 2 is 2.00 bits per heavy atom. The molecular formula is C9H15NOS. The standard InChI is InChI=1S/C9H15NOS/c11-9(12)5-4-8-10-6-2-1-3-7-10/h4-5H,1-3,6-8H2,(H,11,12)/b5-4+. The zero-order valence-electron chi connectivity index (χ0n) is 7.20. The van der Waals surface area contributed by atoms with Gasteiger partial charge in [0.05, 0.1) is 0 Å². The molecule has 1 aliphatic rings. The second-order valence-corrected chi connectivity index (χ2v) is 3.54. The molecule has 0 aromatic heterocycles. The first-order chi connectivity index (χ1) is 5.79. The van der Waals surface area contributed by atoms with Crippen LogP contribution in [0.3, 0.4) is 0 Å². The molecule has 0 unspecified atom stereocenters. The highest BCUT2D eigenvalue weighted by molar-refractivity contribution is 7.97. The molecule has 3 heteroatoms. The quantitative estimate of drug-likeness (QED) is 0.531. The summed E-state index contributed by atoms with van der Waals surface area (Å²) in [5.41, 5.74) is 0. The summed E-state index contributed by atoms with van der Waals surface area (Å²) in [7, 11) is 0. The number of carbonyl (C=O) groups excluding carboxylic acids is 1. The number of likely N-dealkylation sites (tertiary alicyclic amines) is 1. The van der Waals surface area contributed by atoms with E-state index in [1.54, 1.807) is 0 Å². The molecule has 0 atom stereocenters. The molecule has 0 aliphatic carbocycles. The maximum atomic E-state index is 10.4. The molecule has 68 valence electrons. The van der Waals surface area contributed by atoms with Crippen molar-refractivity contribution in [2.45, 2.75) is 19.3 Å². The Labute approximate surface area is 79.0 Å². The van der Waals surface area contributed by atoms with Crippen LogP contribution in [0.5, 0.6) is 0 Å². The molecule has 1 fully saturated rings. The van der Waals surface area contributed by atoms with Gasteiger partial charge in [-0.3, -0.25) is 9.69 Å². The molecule has 0 aromatic carbocycles. The third-order valence-corrected chi connectivity index (χ3v) is 2.22. The zero-order chi connectivity index (χ0) is 8.81. The molecule has 0 amide bonds. The maximum Gasteiger partial charge on any atom is 0.208 e. The highest BCUT2D eigenvalue weighted by atomic mass is 32.1. The van der Waals surface area contributed by atoms with E-state index in [2.05, 4.69) is 17.5 Å². The smallest absolute Gasteiger partial charge is 0.208 e. The summed E-state index contributed by atoms with van der Waals surface area (Å²) in [5.74, 6) is 0. The number of thiol groups is 1. The molecule has 1 rings (SSSR count). The van der Waals surface area contributed by atoms with Gasteiger partial charge in [0, 0.05) is 6.54 Å². The summed E-state index contributed by atoms with van der Waals surface area (Å²) >= 11 is 3.65. The molecule has 1 heterocycles. The largest absolute Gasteiger partial charge is 0.300 e. The van der Waals surface area contributed by atoms with Gasteiger partial charge in [-0.1, -0.05) is 12.5 Å². The van der Waals surface area contributed by atoms with Crippen LogP contribution in [0.1, 0.15) is 19.3 Å². The Kier molecular flexibility index (Phi) is 4.40. The van der Waals surface area contributed by atoms with E-state index in [4.69, 9.17) is 0 Å². The lowest BCUT2D eigenvalue weighted by Crippen LogP contribution is -2.29. The van der Waals surface area contributed by atoms with E-state index in [-0.39, 0.29) is 5.12 Å². The second-order valence-electron chi connectivity index (χ2n) is 3.10. The summed E-state index contributed by atoms with van der Waals surface area (Å²) in [6.07, 6.45) is 7.36. The summed E-state index contributed by atoms with van der Waals surface area (Å²) in [6, 6.07) is 0. The van der Waals surface area contributed by atoms with Gasteiger partial charge in [-0.15, -0.1) is 12.6 Å². The number of hydrogen-bond acceptors (Lipinski definition) is 2. The Morgan fingerprint density at radius 1 is 1.33 bits per heavy atom. The Balaban J connectivity index is 2.17. The van der Waals surface area contributed by atoms with Gasteiger partial charge in [0.1, 0.15) is 0 Å². The van der Waals surface area contributed by atoms with Gasteiger partial charge in [0.25, 0.3) is 0 Å². The third kappa shape index (κ3) is 3.93. The van der Waals surface area contributed by atoms with Crippen molar-refractivity contribution < 1.29 is 4.79 Å². The minimum Gasteiger partial charge on any atom is -0.300 e. The van der Waals surface area contributed by atoms with E-state index in [1.807, 2.05) is 6.08 Å². The molecule has 2 nitrogen and oxygen atoms in total. The summed E-state index contributed by atoms with van der Waals surface area (Å²) in [6.45, 7) is 3.24. The summed E-state index contributed by atoms with van der Waals surface area (Å²) in [5, 5.41) is -0.160. The van der Waals surface area contributed by atoms with Gasteiger partial charge < -0.3 is 0 Å². The predicted molar refractivity (Wildman–Crippen MR) is 53.4 cm³/mol. The molecule has 0 N–H and O–H groups in total. The van der Waals surface area contributed by atoms with Crippen LogP contribution in [-0.4, -0.2) is 29.6 Å². The van der Waals surface area contributed by atoms with Crippen LogP contribution in [0.4, 0.5) is 0 Å². The average molecular weight is 185 g/mol. The lowest BCUT2D eigenvalue weighted by molar-refractivity contribution is -0.106. The van der Waals surface area contributed by atoms with Crippen LogP contribution in [0.15, 0.2) is 12.2 Å². The molecule has 12 heavy (non-hydrogen) atoms. The number of carbonyl (C=O) groups is 1. The van der Waals surface area contributed by atoms with Crippen molar-refractivity contribution in [3.05, 3.63) is 12.2 Å². The molecule has 0 spiro atoms. The van der Waals surface area contributed by atoms with Gasteiger partial charge in [-0.2, -0.15) is 0 Å². The topological polar surface area (TPSA) is 20.3 Å². The molecule has 0 aromatic rings. The Morgan fingerprint density at radius 3 is 2.58 bits per heavy atom. The third-order valence-electron chi connectivity index (χ3n) is 2.07. The van der Waals surface area contributed by atoms with Gasteiger partial charge in [0.15, 0.2) is 0 Å². The highest BCUT2D eigenvalue weighted by Crippen LogP contribution is 2.07. The summed E-state index contributed by atoms with van der Waals surface area (Å²) in [4.78, 5) is 12.8. The van der Waals surface area contributed by atoms with Crippen molar-refractivity contribution in [2.24, 2.45) is 0 Å². The van der Waals surface area contributed by atoms with Crippen LogP contribution < -0.4 is 0 Å². The minimum atomic E-state index is -0.160. The molecular weight excluding hydrogens is 170 g/mol. The van der Waals surface area contributed by atoms with E-state index >= 15 is 0 Å². The monoisotopic (exact) mass is 185 g/mol. The molecule has 0 saturated carbocycles. The minimum absolute atomic E-state index is 0.160. The highest BCUT2D eigenvalue weighted by Gasteiger charge is 2.07. The lowest BCUT2D eigenvalue weighted by Gasteiger charge is -2.24. The molecule has 1 saturated heterocycles. The van der Waals surface area contributed by atoms with Gasteiger partial charge >= 0.3 is 0 Å². The van der Waals surface area contributed by atoms with Gasteiger partial charge in [-0.05, 0) is 32.0 Å². The van der Waals surface area contributed by atoms with E-state index in [0.29, 0.717) is 0 Å². The van der Waals surface area contributed by atoms with Crippen LogP contribution in [-0.2, 0) is 4.79 Å². The molecule has 0 radical (unpaired) electrons. The number of rotatable bonds is 3. The van der Waals surface area contributed by atoms with Crippen LogP contribution >= 0.6 is 12.6 Å². The van der Waals surface area contributed by atoms with Crippen molar-refractivity contribution in [3.63, 3.8) is 0 Å². The second kappa shape index (κ2) is 5.38. The van der Waals surface area contributed by atoms with Gasteiger partial charge in [0.2, 0.25) is 5.12 Å². The maximum absolute atomic E-state index is 10.4. The normalized spacial score (nSPS) is 20.1. The first kappa shape index (κ1) is 9.81.